The zero-order valence-corrected chi connectivity index (χ0v) is 13.2. The summed E-state index contributed by atoms with van der Waals surface area (Å²) in [5, 5.41) is 0. The van der Waals surface area contributed by atoms with Crippen LogP contribution in [0, 0.1) is 0 Å². The first-order chi connectivity index (χ1) is 8.84. The third-order valence-electron chi connectivity index (χ3n) is 2.54. The number of hydrogen-bond acceptors (Lipinski definition) is 5. The van der Waals surface area contributed by atoms with E-state index < -0.39 is 8.80 Å². The van der Waals surface area contributed by atoms with Crippen molar-refractivity contribution in [3.63, 3.8) is 0 Å². The van der Waals surface area contributed by atoms with Gasteiger partial charge in [-0.25, -0.2) is 4.79 Å². The van der Waals surface area contributed by atoms with Gasteiger partial charge in [0.1, 0.15) is 0 Å². The Morgan fingerprint density at radius 3 is 2.68 bits per heavy atom. The van der Waals surface area contributed by atoms with Crippen LogP contribution in [0.4, 0.5) is 0 Å². The Hall–Kier alpha value is -0.693. The maximum Gasteiger partial charge on any atom is 0.501 e. The summed E-state index contributed by atoms with van der Waals surface area (Å²) < 4.78 is 22.5. The molecule has 2 atom stereocenters. The number of carbonyl (C=O) groups is 1. The normalized spacial score (nSPS) is 26.7. The van der Waals surface area contributed by atoms with Crippen molar-refractivity contribution in [1.29, 1.82) is 0 Å². The molecule has 0 radical (unpaired) electrons. The Morgan fingerprint density at radius 1 is 1.53 bits per heavy atom. The summed E-state index contributed by atoms with van der Waals surface area (Å²) in [6, 6.07) is 0.666. The molecule has 0 aromatic carbocycles. The Bertz CT molecular complexity index is 331. The number of esters is 1. The first-order valence-corrected chi connectivity index (χ1v) is 8.60. The van der Waals surface area contributed by atoms with Gasteiger partial charge < -0.3 is 18.0 Å². The average molecular weight is 288 g/mol. The molecular formula is C13H24O5Si. The highest BCUT2D eigenvalue weighted by molar-refractivity contribution is 6.61. The molecule has 0 aromatic rings. The van der Waals surface area contributed by atoms with Crippen molar-refractivity contribution in [2.24, 2.45) is 0 Å². The summed E-state index contributed by atoms with van der Waals surface area (Å²) in [7, 11) is -2.57. The summed E-state index contributed by atoms with van der Waals surface area (Å²) in [5.74, 6) is -0.359. The maximum absolute atomic E-state index is 11.2. The van der Waals surface area contributed by atoms with Crippen LogP contribution >= 0.6 is 0 Å². The van der Waals surface area contributed by atoms with Crippen LogP contribution in [0.1, 0.15) is 34.1 Å². The molecule has 5 nitrogen and oxygen atoms in total. The second-order valence-electron chi connectivity index (χ2n) is 5.11. The Morgan fingerprint density at radius 2 is 2.21 bits per heavy atom. The van der Waals surface area contributed by atoms with Gasteiger partial charge in [0.05, 0.1) is 19.3 Å². The zero-order chi connectivity index (χ0) is 14.5. The molecule has 1 aliphatic heterocycles. The molecule has 0 spiro atoms. The zero-order valence-electron chi connectivity index (χ0n) is 12.2. The fourth-order valence-corrected chi connectivity index (χ4v) is 4.84. The molecule has 19 heavy (non-hydrogen) atoms. The van der Waals surface area contributed by atoms with Crippen LogP contribution in [0.2, 0.25) is 6.04 Å². The molecule has 1 rings (SSSR count). The second kappa shape index (κ2) is 7.19. The predicted octanol–water partition coefficient (Wildman–Crippen LogP) is 2.29. The minimum absolute atomic E-state index is 0.0648. The lowest BCUT2D eigenvalue weighted by Crippen LogP contribution is -2.43. The molecule has 0 N–H and O–H groups in total. The Balaban J connectivity index is 2.38. The predicted molar refractivity (Wildman–Crippen MR) is 73.7 cm³/mol. The quantitative estimate of drug-likeness (QED) is 0.311. The molecule has 0 saturated carbocycles. The van der Waals surface area contributed by atoms with E-state index in [9.17, 15) is 4.79 Å². The molecule has 0 aliphatic carbocycles. The molecule has 1 aliphatic rings. The topological polar surface area (TPSA) is 54.0 Å². The van der Waals surface area contributed by atoms with Crippen LogP contribution in [0.3, 0.4) is 0 Å². The van der Waals surface area contributed by atoms with Crippen LogP contribution in [-0.2, 0) is 22.8 Å². The van der Waals surface area contributed by atoms with E-state index in [-0.39, 0.29) is 18.2 Å². The van der Waals surface area contributed by atoms with Gasteiger partial charge in [-0.15, -0.1) is 0 Å². The fraction of sp³-hybridized carbons (Fsp3) is 0.769. The molecule has 0 amide bonds. The van der Waals surface area contributed by atoms with Crippen molar-refractivity contribution < 1.29 is 22.8 Å². The van der Waals surface area contributed by atoms with Crippen molar-refractivity contribution in [1.82, 2.24) is 0 Å². The molecule has 6 heteroatoms. The van der Waals surface area contributed by atoms with E-state index in [0.717, 1.165) is 0 Å². The highest BCUT2D eigenvalue weighted by Crippen LogP contribution is 2.27. The molecule has 110 valence electrons. The third-order valence-corrected chi connectivity index (χ3v) is 5.71. The molecule has 1 saturated heterocycles. The summed E-state index contributed by atoms with van der Waals surface area (Å²) in [6.45, 7) is 12.0. The summed E-state index contributed by atoms with van der Waals surface area (Å²) in [6.07, 6.45) is 0.809. The lowest BCUT2D eigenvalue weighted by molar-refractivity contribution is -0.139. The van der Waals surface area contributed by atoms with Gasteiger partial charge in [0.15, 0.2) is 0 Å². The van der Waals surface area contributed by atoms with Gasteiger partial charge >= 0.3 is 14.8 Å². The summed E-state index contributed by atoms with van der Waals surface area (Å²) >= 11 is 0. The highest BCUT2D eigenvalue weighted by atomic mass is 28.4. The Kier molecular flexibility index (Phi) is 6.19. The third kappa shape index (κ3) is 5.44. The summed E-state index contributed by atoms with van der Waals surface area (Å²) in [5.41, 5.74) is 0.410. The van der Waals surface area contributed by atoms with Crippen molar-refractivity contribution in [2.45, 2.75) is 52.4 Å². The van der Waals surface area contributed by atoms with Gasteiger partial charge in [0.2, 0.25) is 0 Å². The van der Waals surface area contributed by atoms with Gasteiger partial charge in [0.25, 0.3) is 0 Å². The number of rotatable bonds is 7. The molecule has 2 unspecified atom stereocenters. The van der Waals surface area contributed by atoms with Crippen LogP contribution in [-0.4, -0.2) is 40.2 Å². The van der Waals surface area contributed by atoms with Crippen LogP contribution in [0.25, 0.3) is 0 Å². The van der Waals surface area contributed by atoms with E-state index in [1.807, 2.05) is 20.8 Å². The Labute approximate surface area is 116 Å². The average Bonchev–Trinajstić information content (AvgIpc) is 2.65. The maximum atomic E-state index is 11.2. The molecule has 0 bridgehead atoms. The van der Waals surface area contributed by atoms with Crippen LogP contribution in [0.15, 0.2) is 12.2 Å². The largest absolute Gasteiger partial charge is 0.501 e. The van der Waals surface area contributed by atoms with E-state index in [1.165, 1.54) is 0 Å². The van der Waals surface area contributed by atoms with Crippen molar-refractivity contribution >= 4 is 14.8 Å². The van der Waals surface area contributed by atoms with Gasteiger partial charge in [-0.2, -0.15) is 0 Å². The second-order valence-corrected chi connectivity index (χ2v) is 7.73. The van der Waals surface area contributed by atoms with E-state index in [0.29, 0.717) is 31.3 Å². The standard InChI is InChI=1S/C13H24O5Si/c1-10(2)13(14)15-7-6-8-19(17-11(3)4)16-9-12(5)18-19/h11-12H,1,6-9H2,2-5H3. The minimum Gasteiger partial charge on any atom is -0.462 e. The van der Waals surface area contributed by atoms with E-state index in [2.05, 4.69) is 6.58 Å². The monoisotopic (exact) mass is 288 g/mol. The van der Waals surface area contributed by atoms with Crippen LogP contribution in [0.5, 0.6) is 0 Å². The van der Waals surface area contributed by atoms with Crippen molar-refractivity contribution in [3.05, 3.63) is 12.2 Å². The fourth-order valence-electron chi connectivity index (χ4n) is 1.81. The van der Waals surface area contributed by atoms with Gasteiger partial charge in [0, 0.05) is 17.7 Å². The SMILES string of the molecule is C=C(C)C(=O)OCCC[Si]1(OC(C)C)OCC(C)O1. The van der Waals surface area contributed by atoms with E-state index in [1.54, 1.807) is 6.92 Å². The molecule has 0 aromatic heterocycles. The number of ether oxygens (including phenoxy) is 1. The van der Waals surface area contributed by atoms with Gasteiger partial charge in [-0.3, -0.25) is 0 Å². The highest BCUT2D eigenvalue weighted by Gasteiger charge is 2.48. The molecular weight excluding hydrogens is 264 g/mol. The van der Waals surface area contributed by atoms with E-state index in [4.69, 9.17) is 18.0 Å². The summed E-state index contributed by atoms with van der Waals surface area (Å²) in [4.78, 5) is 11.2. The first-order valence-electron chi connectivity index (χ1n) is 6.67. The van der Waals surface area contributed by atoms with Gasteiger partial charge in [-0.1, -0.05) is 6.58 Å². The number of hydrogen-bond donors (Lipinski definition) is 0. The van der Waals surface area contributed by atoms with Crippen LogP contribution < -0.4 is 0 Å². The smallest absolute Gasteiger partial charge is 0.462 e. The van der Waals surface area contributed by atoms with Crippen molar-refractivity contribution in [2.75, 3.05) is 13.2 Å². The van der Waals surface area contributed by atoms with E-state index >= 15 is 0 Å². The van der Waals surface area contributed by atoms with Gasteiger partial charge in [-0.05, 0) is 34.1 Å². The lowest BCUT2D eigenvalue weighted by atomic mass is 10.4. The first kappa shape index (κ1) is 16.4. The minimum atomic E-state index is -2.57. The number of carbonyl (C=O) groups excluding carboxylic acids is 1. The molecule has 1 fully saturated rings. The molecule has 1 heterocycles. The van der Waals surface area contributed by atoms with Crippen molar-refractivity contribution in [3.8, 4) is 0 Å². The lowest BCUT2D eigenvalue weighted by Gasteiger charge is -2.25.